The van der Waals surface area contributed by atoms with E-state index in [0.717, 1.165) is 12.8 Å². The average molecular weight is 248 g/mol. The summed E-state index contributed by atoms with van der Waals surface area (Å²) in [7, 11) is -3.05. The first kappa shape index (κ1) is 13.6. The lowest BCUT2D eigenvalue weighted by Crippen LogP contribution is -2.22. The molecule has 0 aromatic rings. The molecule has 1 saturated heterocycles. The van der Waals surface area contributed by atoms with Crippen LogP contribution in [0.1, 0.15) is 39.0 Å². The Balaban J connectivity index is 2.25. The van der Waals surface area contributed by atoms with E-state index in [2.05, 4.69) is 0 Å². The van der Waals surface area contributed by atoms with Crippen LogP contribution in [0, 0.1) is 0 Å². The Kier molecular flexibility index (Phi) is 5.41. The minimum atomic E-state index is -3.05. The van der Waals surface area contributed by atoms with Crippen molar-refractivity contribution in [1.82, 2.24) is 0 Å². The van der Waals surface area contributed by atoms with E-state index < -0.39 is 9.84 Å². The zero-order chi connectivity index (χ0) is 12.0. The lowest BCUT2D eigenvalue weighted by Gasteiger charge is -2.09. The van der Waals surface area contributed by atoms with E-state index in [9.17, 15) is 13.2 Å². The van der Waals surface area contributed by atoms with Gasteiger partial charge in [0.05, 0.1) is 17.6 Å². The second-order valence-electron chi connectivity index (χ2n) is 4.25. The first-order valence-corrected chi connectivity index (χ1v) is 7.69. The molecule has 0 aliphatic carbocycles. The number of hydrogen-bond donors (Lipinski definition) is 0. The third-order valence-electron chi connectivity index (χ3n) is 2.77. The highest BCUT2D eigenvalue weighted by Gasteiger charge is 2.23. The lowest BCUT2D eigenvalue weighted by molar-refractivity contribution is -0.118. The van der Waals surface area contributed by atoms with Crippen LogP contribution in [0.3, 0.4) is 0 Å². The standard InChI is InChI=1S/C11H20O4S/c1-2-10(12)5-4-8-16(13,14)9-11-6-3-7-15-11/h11H,2-9H2,1H3. The molecule has 0 N–H and O–H groups in total. The van der Waals surface area contributed by atoms with Crippen LogP contribution >= 0.6 is 0 Å². The molecule has 0 aromatic carbocycles. The van der Waals surface area contributed by atoms with Gasteiger partial charge in [0.25, 0.3) is 0 Å². The molecule has 0 radical (unpaired) electrons. The van der Waals surface area contributed by atoms with Gasteiger partial charge >= 0.3 is 0 Å². The SMILES string of the molecule is CCC(=O)CCCS(=O)(=O)CC1CCCO1. The third-order valence-corrected chi connectivity index (χ3v) is 4.56. The van der Waals surface area contributed by atoms with Crippen molar-refractivity contribution in [3.63, 3.8) is 0 Å². The fourth-order valence-corrected chi connectivity index (χ4v) is 3.39. The fraction of sp³-hybridized carbons (Fsp3) is 0.909. The van der Waals surface area contributed by atoms with Crippen molar-refractivity contribution < 1.29 is 17.9 Å². The Morgan fingerprint density at radius 2 is 2.19 bits per heavy atom. The highest BCUT2D eigenvalue weighted by molar-refractivity contribution is 7.91. The van der Waals surface area contributed by atoms with Crippen LogP contribution in [0.15, 0.2) is 0 Å². The number of ketones is 1. The molecule has 1 atom stereocenters. The normalized spacial score (nSPS) is 21.2. The molecule has 1 rings (SSSR count). The smallest absolute Gasteiger partial charge is 0.152 e. The molecule has 1 aliphatic rings. The summed E-state index contributed by atoms with van der Waals surface area (Å²) in [5.41, 5.74) is 0. The second kappa shape index (κ2) is 6.35. The summed E-state index contributed by atoms with van der Waals surface area (Å²) in [4.78, 5) is 11.0. The molecule has 0 amide bonds. The zero-order valence-electron chi connectivity index (χ0n) is 9.78. The summed E-state index contributed by atoms with van der Waals surface area (Å²) < 4.78 is 28.6. The van der Waals surface area contributed by atoms with Gasteiger partial charge in [-0.05, 0) is 19.3 Å². The van der Waals surface area contributed by atoms with Gasteiger partial charge in [0.2, 0.25) is 0 Å². The predicted octanol–water partition coefficient (Wildman–Crippen LogP) is 1.34. The molecular weight excluding hydrogens is 228 g/mol. The number of sulfone groups is 1. The van der Waals surface area contributed by atoms with E-state index >= 15 is 0 Å². The summed E-state index contributed by atoms with van der Waals surface area (Å²) >= 11 is 0. The predicted molar refractivity (Wildman–Crippen MR) is 62.2 cm³/mol. The quantitative estimate of drug-likeness (QED) is 0.682. The van der Waals surface area contributed by atoms with Gasteiger partial charge in [-0.15, -0.1) is 0 Å². The molecule has 0 aromatic heterocycles. The molecular formula is C11H20O4S. The minimum absolute atomic E-state index is 0.110. The number of carbonyl (C=O) groups excluding carboxylic acids is 1. The molecule has 94 valence electrons. The molecule has 0 bridgehead atoms. The summed E-state index contributed by atoms with van der Waals surface area (Å²) in [6, 6.07) is 0. The summed E-state index contributed by atoms with van der Waals surface area (Å²) in [5.74, 6) is 0.360. The van der Waals surface area contributed by atoms with Crippen molar-refractivity contribution in [2.45, 2.75) is 45.1 Å². The van der Waals surface area contributed by atoms with E-state index in [1.807, 2.05) is 0 Å². The first-order chi connectivity index (χ1) is 7.53. The van der Waals surface area contributed by atoms with Crippen LogP contribution in [-0.4, -0.2) is 38.4 Å². The van der Waals surface area contributed by atoms with Gasteiger partial charge in [-0.25, -0.2) is 8.42 Å². The summed E-state index contributed by atoms with van der Waals surface area (Å²) in [6.45, 7) is 2.47. The van der Waals surface area contributed by atoms with Gasteiger partial charge in [0, 0.05) is 19.4 Å². The largest absolute Gasteiger partial charge is 0.377 e. The van der Waals surface area contributed by atoms with E-state index in [-0.39, 0.29) is 23.4 Å². The molecule has 0 saturated carbocycles. The Bertz CT molecular complexity index is 315. The monoisotopic (exact) mass is 248 g/mol. The van der Waals surface area contributed by atoms with Gasteiger partial charge in [0.1, 0.15) is 5.78 Å². The fourth-order valence-electron chi connectivity index (χ4n) is 1.81. The highest BCUT2D eigenvalue weighted by Crippen LogP contribution is 2.14. The molecule has 0 spiro atoms. The van der Waals surface area contributed by atoms with E-state index in [4.69, 9.17) is 4.74 Å². The van der Waals surface area contributed by atoms with Crippen molar-refractivity contribution >= 4 is 15.6 Å². The molecule has 5 heteroatoms. The average Bonchev–Trinajstić information content (AvgIpc) is 2.69. The van der Waals surface area contributed by atoms with Crippen LogP contribution in [0.4, 0.5) is 0 Å². The topological polar surface area (TPSA) is 60.4 Å². The second-order valence-corrected chi connectivity index (χ2v) is 6.47. The molecule has 16 heavy (non-hydrogen) atoms. The molecule has 1 heterocycles. The number of carbonyl (C=O) groups is 1. The molecule has 1 fully saturated rings. The van der Waals surface area contributed by atoms with Crippen LogP contribution in [0.5, 0.6) is 0 Å². The maximum atomic E-state index is 11.7. The van der Waals surface area contributed by atoms with Crippen LogP contribution in [-0.2, 0) is 19.4 Å². The van der Waals surface area contributed by atoms with Crippen molar-refractivity contribution in [3.05, 3.63) is 0 Å². The van der Waals surface area contributed by atoms with Crippen molar-refractivity contribution in [2.24, 2.45) is 0 Å². The Morgan fingerprint density at radius 3 is 2.75 bits per heavy atom. The zero-order valence-corrected chi connectivity index (χ0v) is 10.6. The van der Waals surface area contributed by atoms with Crippen molar-refractivity contribution in [1.29, 1.82) is 0 Å². The Labute approximate surface area is 97.3 Å². The number of Topliss-reactive ketones (excluding diaryl/α,β-unsaturated/α-hetero) is 1. The van der Waals surface area contributed by atoms with E-state index in [1.54, 1.807) is 6.92 Å². The number of rotatable bonds is 7. The highest BCUT2D eigenvalue weighted by atomic mass is 32.2. The van der Waals surface area contributed by atoms with E-state index in [1.165, 1.54) is 0 Å². The summed E-state index contributed by atoms with van der Waals surface area (Å²) in [5, 5.41) is 0. The molecule has 1 unspecified atom stereocenters. The Hall–Kier alpha value is -0.420. The molecule has 1 aliphatic heterocycles. The Morgan fingerprint density at radius 1 is 1.44 bits per heavy atom. The minimum Gasteiger partial charge on any atom is -0.377 e. The van der Waals surface area contributed by atoms with Gasteiger partial charge in [-0.1, -0.05) is 6.92 Å². The maximum Gasteiger partial charge on any atom is 0.152 e. The van der Waals surface area contributed by atoms with Gasteiger partial charge in [0.15, 0.2) is 9.84 Å². The van der Waals surface area contributed by atoms with E-state index in [0.29, 0.717) is 25.9 Å². The first-order valence-electron chi connectivity index (χ1n) is 5.87. The maximum absolute atomic E-state index is 11.7. The summed E-state index contributed by atoms with van der Waals surface area (Å²) in [6.07, 6.45) is 2.99. The van der Waals surface area contributed by atoms with Gasteiger partial charge in [-0.2, -0.15) is 0 Å². The van der Waals surface area contributed by atoms with Gasteiger partial charge < -0.3 is 4.74 Å². The van der Waals surface area contributed by atoms with Crippen molar-refractivity contribution in [2.75, 3.05) is 18.1 Å². The van der Waals surface area contributed by atoms with Crippen LogP contribution in [0.2, 0.25) is 0 Å². The number of ether oxygens (including phenoxy) is 1. The molecule has 4 nitrogen and oxygen atoms in total. The third kappa shape index (κ3) is 5.07. The van der Waals surface area contributed by atoms with Crippen LogP contribution < -0.4 is 0 Å². The van der Waals surface area contributed by atoms with Gasteiger partial charge in [-0.3, -0.25) is 4.79 Å². The number of hydrogen-bond acceptors (Lipinski definition) is 4. The van der Waals surface area contributed by atoms with Crippen molar-refractivity contribution in [3.8, 4) is 0 Å². The van der Waals surface area contributed by atoms with Crippen LogP contribution in [0.25, 0.3) is 0 Å². The lowest BCUT2D eigenvalue weighted by atomic mass is 10.2.